The lowest BCUT2D eigenvalue weighted by atomic mass is 10.0. The molecule has 2 aromatic rings. The van der Waals surface area contributed by atoms with Crippen molar-refractivity contribution in [2.75, 3.05) is 13.1 Å². The van der Waals surface area contributed by atoms with Gasteiger partial charge in [0.15, 0.2) is 5.82 Å². The van der Waals surface area contributed by atoms with E-state index in [4.69, 9.17) is 0 Å². The molecule has 6 nitrogen and oxygen atoms in total. The van der Waals surface area contributed by atoms with Crippen LogP contribution in [0.5, 0.6) is 0 Å². The first kappa shape index (κ1) is 15.3. The number of hydrogen-bond acceptors (Lipinski definition) is 4. The van der Waals surface area contributed by atoms with E-state index in [9.17, 15) is 4.79 Å². The van der Waals surface area contributed by atoms with Gasteiger partial charge in [-0.05, 0) is 31.6 Å². The highest BCUT2D eigenvalue weighted by Gasteiger charge is 2.32. The van der Waals surface area contributed by atoms with E-state index < -0.39 is 0 Å². The molecule has 0 unspecified atom stereocenters. The maximum atomic E-state index is 12.5. The fraction of sp³-hybridized carbons (Fsp3) is 0.556. The normalized spacial score (nSPS) is 21.5. The molecule has 126 valence electrons. The quantitative estimate of drug-likeness (QED) is 0.937. The molecule has 1 saturated heterocycles. The number of H-pyrrole nitrogens is 1. The number of nitrogens with one attached hydrogen (secondary N) is 1. The zero-order valence-corrected chi connectivity index (χ0v) is 13.8. The average molecular weight is 325 g/mol. The van der Waals surface area contributed by atoms with E-state index in [-0.39, 0.29) is 5.92 Å². The van der Waals surface area contributed by atoms with Gasteiger partial charge in [-0.15, -0.1) is 0 Å². The van der Waals surface area contributed by atoms with E-state index in [1.54, 1.807) is 18.6 Å². The van der Waals surface area contributed by atoms with E-state index in [2.05, 4.69) is 24.8 Å². The van der Waals surface area contributed by atoms with Gasteiger partial charge >= 0.3 is 0 Å². The van der Waals surface area contributed by atoms with Crippen LogP contribution in [0.25, 0.3) is 11.5 Å². The van der Waals surface area contributed by atoms with Crippen molar-refractivity contribution in [3.63, 3.8) is 0 Å². The van der Waals surface area contributed by atoms with Crippen molar-refractivity contribution in [1.82, 2.24) is 24.8 Å². The number of rotatable bonds is 4. The molecule has 1 atom stereocenters. The average Bonchev–Trinajstić information content (AvgIpc) is 3.37. The molecule has 6 heteroatoms. The molecular weight excluding hydrogens is 302 g/mol. The van der Waals surface area contributed by atoms with Crippen LogP contribution in [0.3, 0.4) is 0 Å². The summed E-state index contributed by atoms with van der Waals surface area (Å²) in [6.07, 6.45) is 13.6. The zero-order chi connectivity index (χ0) is 16.4. The highest BCUT2D eigenvalue weighted by molar-refractivity contribution is 5.79. The summed E-state index contributed by atoms with van der Waals surface area (Å²) < 4.78 is 0. The van der Waals surface area contributed by atoms with E-state index in [0.717, 1.165) is 56.0 Å². The minimum Gasteiger partial charge on any atom is -0.343 e. The molecule has 4 rings (SSSR count). The summed E-state index contributed by atoms with van der Waals surface area (Å²) in [4.78, 5) is 30.8. The second kappa shape index (κ2) is 6.71. The molecular formula is C18H23N5O. The van der Waals surface area contributed by atoms with Crippen LogP contribution in [-0.4, -0.2) is 43.8 Å². The fourth-order valence-corrected chi connectivity index (χ4v) is 3.91. The van der Waals surface area contributed by atoms with E-state index in [0.29, 0.717) is 11.8 Å². The summed E-state index contributed by atoms with van der Waals surface area (Å²) in [7, 11) is 0. The number of likely N-dealkylation sites (tertiary alicyclic amines) is 1. The lowest BCUT2D eigenvalue weighted by molar-refractivity contribution is -0.134. The Balaban J connectivity index is 1.34. The lowest BCUT2D eigenvalue weighted by Crippen LogP contribution is -2.33. The summed E-state index contributed by atoms with van der Waals surface area (Å²) in [5.41, 5.74) is 1.75. The number of carbonyl (C=O) groups excluding carboxylic acids is 1. The van der Waals surface area contributed by atoms with Crippen LogP contribution < -0.4 is 0 Å². The molecule has 1 aliphatic heterocycles. The predicted molar refractivity (Wildman–Crippen MR) is 90.0 cm³/mol. The first-order valence-corrected chi connectivity index (χ1v) is 8.89. The van der Waals surface area contributed by atoms with Gasteiger partial charge in [0.05, 0.1) is 11.9 Å². The maximum absolute atomic E-state index is 12.5. The van der Waals surface area contributed by atoms with E-state index in [1.807, 2.05) is 6.20 Å². The van der Waals surface area contributed by atoms with Gasteiger partial charge in [0.2, 0.25) is 5.91 Å². The first-order chi connectivity index (χ1) is 11.8. The Labute approximate surface area is 141 Å². The third-order valence-electron chi connectivity index (χ3n) is 5.25. The molecule has 2 aromatic heterocycles. The SMILES string of the molecule is O=C(C1CCCC1)N1CC[C@H](Cc2cnc(-c3ncc[nH]3)cn2)C1. The van der Waals surface area contributed by atoms with E-state index in [1.165, 1.54) is 12.8 Å². The Hall–Kier alpha value is -2.24. The standard InChI is InChI=1S/C18H23N5O/c24-18(14-3-1-2-4-14)23-8-5-13(12-23)9-15-10-22-16(11-21-15)17-19-6-7-20-17/h6-7,10-11,13-14H,1-5,8-9,12H2,(H,19,20)/t13-/m1/s1. The maximum Gasteiger partial charge on any atom is 0.225 e. The summed E-state index contributed by atoms with van der Waals surface area (Å²) in [5, 5.41) is 0. The molecule has 3 heterocycles. The minimum absolute atomic E-state index is 0.288. The summed E-state index contributed by atoms with van der Waals surface area (Å²) >= 11 is 0. The van der Waals surface area contributed by atoms with Crippen molar-refractivity contribution < 1.29 is 4.79 Å². The first-order valence-electron chi connectivity index (χ1n) is 8.89. The molecule has 2 aliphatic rings. The number of amides is 1. The number of aromatic nitrogens is 4. The largest absolute Gasteiger partial charge is 0.343 e. The number of nitrogens with zero attached hydrogens (tertiary/aromatic N) is 4. The van der Waals surface area contributed by atoms with Crippen molar-refractivity contribution in [1.29, 1.82) is 0 Å². The topological polar surface area (TPSA) is 74.8 Å². The van der Waals surface area contributed by atoms with Gasteiger partial charge in [-0.2, -0.15) is 0 Å². The molecule has 0 aromatic carbocycles. The molecule has 1 N–H and O–H groups in total. The van der Waals surface area contributed by atoms with E-state index >= 15 is 0 Å². The van der Waals surface area contributed by atoms with Crippen molar-refractivity contribution in [3.05, 3.63) is 30.5 Å². The smallest absolute Gasteiger partial charge is 0.225 e. The van der Waals surface area contributed by atoms with Gasteiger partial charge in [0.25, 0.3) is 0 Å². The second-order valence-electron chi connectivity index (χ2n) is 6.96. The van der Waals surface area contributed by atoms with Gasteiger partial charge in [0, 0.05) is 37.6 Å². The Morgan fingerprint density at radius 2 is 2.04 bits per heavy atom. The Morgan fingerprint density at radius 3 is 2.75 bits per heavy atom. The van der Waals surface area contributed by atoms with Gasteiger partial charge in [-0.3, -0.25) is 9.78 Å². The molecule has 0 bridgehead atoms. The molecule has 1 aliphatic carbocycles. The molecule has 1 saturated carbocycles. The number of hydrogen-bond donors (Lipinski definition) is 1. The summed E-state index contributed by atoms with van der Waals surface area (Å²) in [6.45, 7) is 1.77. The van der Waals surface area contributed by atoms with Crippen LogP contribution in [0.4, 0.5) is 0 Å². The second-order valence-corrected chi connectivity index (χ2v) is 6.96. The van der Waals surface area contributed by atoms with Crippen molar-refractivity contribution in [2.45, 2.75) is 38.5 Å². The van der Waals surface area contributed by atoms with Gasteiger partial charge in [-0.1, -0.05) is 12.8 Å². The lowest BCUT2D eigenvalue weighted by Gasteiger charge is -2.20. The van der Waals surface area contributed by atoms with Gasteiger partial charge < -0.3 is 9.88 Å². The number of carbonyl (C=O) groups is 1. The van der Waals surface area contributed by atoms with Crippen LogP contribution in [0.1, 0.15) is 37.8 Å². The molecule has 0 radical (unpaired) electrons. The predicted octanol–water partition coefficient (Wildman–Crippen LogP) is 2.45. The summed E-state index contributed by atoms with van der Waals surface area (Å²) in [6, 6.07) is 0. The number of aromatic amines is 1. The minimum atomic E-state index is 0.288. The Kier molecular flexibility index (Phi) is 4.28. The monoisotopic (exact) mass is 325 g/mol. The van der Waals surface area contributed by atoms with Crippen LogP contribution in [0.15, 0.2) is 24.8 Å². The van der Waals surface area contributed by atoms with Gasteiger partial charge in [-0.25, -0.2) is 9.97 Å². The fourth-order valence-electron chi connectivity index (χ4n) is 3.91. The van der Waals surface area contributed by atoms with Crippen LogP contribution in [-0.2, 0) is 11.2 Å². The van der Waals surface area contributed by atoms with Crippen molar-refractivity contribution >= 4 is 5.91 Å². The highest BCUT2D eigenvalue weighted by Crippen LogP contribution is 2.29. The number of imidazole rings is 1. The summed E-state index contributed by atoms with van der Waals surface area (Å²) in [5.74, 6) is 1.91. The van der Waals surface area contributed by atoms with Crippen LogP contribution in [0, 0.1) is 11.8 Å². The van der Waals surface area contributed by atoms with Crippen molar-refractivity contribution in [2.24, 2.45) is 11.8 Å². The van der Waals surface area contributed by atoms with Crippen LogP contribution in [0.2, 0.25) is 0 Å². The molecule has 1 amide bonds. The zero-order valence-electron chi connectivity index (χ0n) is 13.8. The molecule has 0 spiro atoms. The Morgan fingerprint density at radius 1 is 1.17 bits per heavy atom. The third kappa shape index (κ3) is 3.18. The third-order valence-corrected chi connectivity index (χ3v) is 5.25. The van der Waals surface area contributed by atoms with Crippen LogP contribution >= 0.6 is 0 Å². The molecule has 2 fully saturated rings. The van der Waals surface area contributed by atoms with Gasteiger partial charge in [0.1, 0.15) is 5.69 Å². The highest BCUT2D eigenvalue weighted by atomic mass is 16.2. The molecule has 24 heavy (non-hydrogen) atoms. The Bertz CT molecular complexity index is 676. The van der Waals surface area contributed by atoms with Crippen molar-refractivity contribution in [3.8, 4) is 11.5 Å².